The highest BCUT2D eigenvalue weighted by Crippen LogP contribution is 2.24. The quantitative estimate of drug-likeness (QED) is 0.421. The van der Waals surface area contributed by atoms with Crippen LogP contribution in [0.25, 0.3) is 0 Å². The topological polar surface area (TPSA) is 80.6 Å². The first-order valence-corrected chi connectivity index (χ1v) is 9.95. The van der Waals surface area contributed by atoms with E-state index in [-0.39, 0.29) is 11.8 Å². The minimum Gasteiger partial charge on any atom is -0.378 e. The number of benzene rings is 1. The number of thioether (sulfide) groups is 1. The number of carbonyl (C=O) groups is 2. The second-order valence-electron chi connectivity index (χ2n) is 6.45. The summed E-state index contributed by atoms with van der Waals surface area (Å²) < 4.78 is 7.36. The van der Waals surface area contributed by atoms with Crippen LogP contribution in [0.4, 0.5) is 5.95 Å². The number of hydrogen-bond donors (Lipinski definition) is 0. The normalized spacial score (nSPS) is 16.9. The van der Waals surface area contributed by atoms with Crippen molar-refractivity contribution in [1.82, 2.24) is 19.7 Å². The zero-order valence-electron chi connectivity index (χ0n) is 15.1. The highest BCUT2D eigenvalue weighted by Gasteiger charge is 2.34. The zero-order valence-corrected chi connectivity index (χ0v) is 15.9. The third-order valence-corrected chi connectivity index (χ3v) is 5.85. The van der Waals surface area contributed by atoms with Crippen molar-refractivity contribution in [3.05, 3.63) is 35.4 Å². The number of nitrogens with zero attached hydrogens (tertiary/aromatic N) is 5. The first kappa shape index (κ1) is 18.0. The van der Waals surface area contributed by atoms with E-state index in [1.54, 1.807) is 36.0 Å². The number of anilines is 1. The predicted molar refractivity (Wildman–Crippen MR) is 101 cm³/mol. The second-order valence-corrected chi connectivity index (χ2v) is 7.51. The van der Waals surface area contributed by atoms with Crippen molar-refractivity contribution in [2.75, 3.05) is 43.5 Å². The lowest BCUT2D eigenvalue weighted by Crippen LogP contribution is -2.37. The molecule has 1 saturated heterocycles. The molecule has 9 heteroatoms. The number of carbonyl (C=O) groups excluding carboxylic acids is 2. The van der Waals surface area contributed by atoms with E-state index in [0.717, 1.165) is 29.9 Å². The number of imide groups is 1. The molecule has 2 aromatic rings. The summed E-state index contributed by atoms with van der Waals surface area (Å²) in [6, 6.07) is 6.97. The van der Waals surface area contributed by atoms with E-state index in [0.29, 0.717) is 37.3 Å². The van der Waals surface area contributed by atoms with E-state index in [1.165, 1.54) is 4.90 Å². The van der Waals surface area contributed by atoms with Crippen molar-refractivity contribution in [1.29, 1.82) is 0 Å². The Balaban J connectivity index is 1.30. The predicted octanol–water partition coefficient (Wildman–Crippen LogP) is 1.43. The van der Waals surface area contributed by atoms with Crippen LogP contribution in [0.5, 0.6) is 0 Å². The molecule has 3 heterocycles. The summed E-state index contributed by atoms with van der Waals surface area (Å²) in [5.41, 5.74) is 0.997. The number of amides is 2. The molecule has 0 bridgehead atoms. The van der Waals surface area contributed by atoms with Gasteiger partial charge in [-0.1, -0.05) is 23.9 Å². The molecule has 1 aromatic heterocycles. The van der Waals surface area contributed by atoms with Crippen molar-refractivity contribution < 1.29 is 14.3 Å². The highest BCUT2D eigenvalue weighted by atomic mass is 32.2. The van der Waals surface area contributed by atoms with Gasteiger partial charge in [-0.2, -0.15) is 0 Å². The molecule has 0 spiro atoms. The van der Waals surface area contributed by atoms with Crippen LogP contribution in [0.1, 0.15) is 27.1 Å². The van der Waals surface area contributed by atoms with Crippen molar-refractivity contribution in [3.63, 3.8) is 0 Å². The summed E-state index contributed by atoms with van der Waals surface area (Å²) in [4.78, 5) is 28.2. The van der Waals surface area contributed by atoms with Gasteiger partial charge >= 0.3 is 0 Å². The van der Waals surface area contributed by atoms with Gasteiger partial charge in [-0.05, 0) is 18.6 Å². The zero-order chi connectivity index (χ0) is 18.8. The Kier molecular flexibility index (Phi) is 5.13. The van der Waals surface area contributed by atoms with Crippen molar-refractivity contribution in [3.8, 4) is 0 Å². The summed E-state index contributed by atoms with van der Waals surface area (Å²) in [5.74, 6) is 1.20. The molecular formula is C18H21N5O3S. The van der Waals surface area contributed by atoms with Gasteiger partial charge in [-0.15, -0.1) is 10.2 Å². The van der Waals surface area contributed by atoms with E-state index in [2.05, 4.69) is 15.1 Å². The van der Waals surface area contributed by atoms with E-state index in [4.69, 9.17) is 4.74 Å². The summed E-state index contributed by atoms with van der Waals surface area (Å²) in [7, 11) is 1.96. The molecule has 0 atom stereocenters. The van der Waals surface area contributed by atoms with Gasteiger partial charge in [0, 0.05) is 32.4 Å². The summed E-state index contributed by atoms with van der Waals surface area (Å²) in [6.07, 6.45) is 0.704. The Morgan fingerprint density at radius 2 is 1.74 bits per heavy atom. The number of ether oxygens (including phenoxy) is 1. The van der Waals surface area contributed by atoms with Gasteiger partial charge in [0.05, 0.1) is 24.3 Å². The van der Waals surface area contributed by atoms with Crippen LogP contribution in [0.3, 0.4) is 0 Å². The van der Waals surface area contributed by atoms with Crippen LogP contribution in [0.2, 0.25) is 0 Å². The summed E-state index contributed by atoms with van der Waals surface area (Å²) in [6.45, 7) is 3.45. The van der Waals surface area contributed by atoms with E-state index in [9.17, 15) is 9.59 Å². The lowest BCUT2D eigenvalue weighted by molar-refractivity contribution is 0.0655. The Morgan fingerprint density at radius 1 is 1.07 bits per heavy atom. The van der Waals surface area contributed by atoms with Crippen molar-refractivity contribution >= 4 is 29.5 Å². The maximum atomic E-state index is 12.4. The Hall–Kier alpha value is -2.39. The molecule has 2 aliphatic heterocycles. The van der Waals surface area contributed by atoms with Crippen LogP contribution in [0, 0.1) is 0 Å². The van der Waals surface area contributed by atoms with Crippen LogP contribution in [0.15, 0.2) is 29.4 Å². The van der Waals surface area contributed by atoms with Crippen LogP contribution in [-0.4, -0.2) is 70.1 Å². The molecular weight excluding hydrogens is 366 g/mol. The third kappa shape index (κ3) is 3.44. The Morgan fingerprint density at radius 3 is 2.41 bits per heavy atom. The molecule has 142 valence electrons. The van der Waals surface area contributed by atoms with Crippen molar-refractivity contribution in [2.45, 2.75) is 11.6 Å². The number of morpholine rings is 1. The minimum absolute atomic E-state index is 0.200. The molecule has 8 nitrogen and oxygen atoms in total. The van der Waals surface area contributed by atoms with Gasteiger partial charge in [-0.25, -0.2) is 0 Å². The molecule has 0 unspecified atom stereocenters. The molecule has 2 amide bonds. The fraction of sp³-hybridized carbons (Fsp3) is 0.444. The Bertz CT molecular complexity index is 827. The van der Waals surface area contributed by atoms with E-state index >= 15 is 0 Å². The molecule has 0 aliphatic carbocycles. The number of fused-ring (bicyclic) bond motifs is 1. The molecule has 0 N–H and O–H groups in total. The monoisotopic (exact) mass is 387 g/mol. The largest absolute Gasteiger partial charge is 0.378 e. The lowest BCUT2D eigenvalue weighted by Gasteiger charge is -2.27. The van der Waals surface area contributed by atoms with E-state index in [1.807, 2.05) is 11.6 Å². The lowest BCUT2D eigenvalue weighted by atomic mass is 10.1. The maximum absolute atomic E-state index is 12.4. The number of rotatable bonds is 6. The van der Waals surface area contributed by atoms with Gasteiger partial charge in [0.1, 0.15) is 0 Å². The molecule has 0 saturated carbocycles. The average molecular weight is 387 g/mol. The van der Waals surface area contributed by atoms with Gasteiger partial charge in [0.2, 0.25) is 5.95 Å². The first-order valence-electron chi connectivity index (χ1n) is 8.97. The highest BCUT2D eigenvalue weighted by molar-refractivity contribution is 7.99. The Labute approximate surface area is 161 Å². The van der Waals surface area contributed by atoms with E-state index < -0.39 is 0 Å². The fourth-order valence-electron chi connectivity index (χ4n) is 3.30. The van der Waals surface area contributed by atoms with Crippen LogP contribution >= 0.6 is 11.8 Å². The summed E-state index contributed by atoms with van der Waals surface area (Å²) in [5, 5.41) is 9.39. The third-order valence-electron chi connectivity index (χ3n) is 4.74. The number of hydrogen-bond acceptors (Lipinski definition) is 7. The van der Waals surface area contributed by atoms with Crippen molar-refractivity contribution in [2.24, 2.45) is 7.05 Å². The van der Waals surface area contributed by atoms with Gasteiger partial charge in [-0.3, -0.25) is 19.1 Å². The fourth-order valence-corrected chi connectivity index (χ4v) is 4.13. The molecule has 4 rings (SSSR count). The molecule has 1 aromatic carbocycles. The minimum atomic E-state index is -0.200. The standard InChI is InChI=1S/C18H21N5O3S/c1-21-17(22-8-10-26-11-9-22)19-20-18(21)27-12-4-7-23-15(24)13-5-2-3-6-14(13)16(23)25/h2-3,5-6H,4,7-12H2,1H3. The van der Waals surface area contributed by atoms with Crippen LogP contribution in [-0.2, 0) is 11.8 Å². The smallest absolute Gasteiger partial charge is 0.261 e. The van der Waals surface area contributed by atoms with Gasteiger partial charge in [0.15, 0.2) is 5.16 Å². The average Bonchev–Trinajstić information content (AvgIpc) is 3.18. The second kappa shape index (κ2) is 7.69. The maximum Gasteiger partial charge on any atom is 0.261 e. The molecule has 2 aliphatic rings. The number of aromatic nitrogens is 3. The molecule has 1 fully saturated rings. The first-order chi connectivity index (χ1) is 13.2. The molecule has 27 heavy (non-hydrogen) atoms. The molecule has 0 radical (unpaired) electrons. The van der Waals surface area contributed by atoms with Gasteiger partial charge in [0.25, 0.3) is 11.8 Å². The SMILES string of the molecule is Cn1c(SCCCN2C(=O)c3ccccc3C2=O)nnc1N1CCOCC1. The van der Waals surface area contributed by atoms with Gasteiger partial charge < -0.3 is 9.64 Å². The van der Waals surface area contributed by atoms with Crippen LogP contribution < -0.4 is 4.90 Å². The summed E-state index contributed by atoms with van der Waals surface area (Å²) >= 11 is 1.58.